The van der Waals surface area contributed by atoms with Crippen LogP contribution < -0.4 is 5.32 Å². The number of ether oxygens (including phenoxy) is 2. The highest BCUT2D eigenvalue weighted by Crippen LogP contribution is 2.22. The van der Waals surface area contributed by atoms with Gasteiger partial charge in [-0.05, 0) is 46.6 Å². The van der Waals surface area contributed by atoms with Gasteiger partial charge in [0.15, 0.2) is 6.10 Å². The number of hydrogen-bond donors (Lipinski definition) is 1. The number of likely N-dealkylation sites (tertiary alicyclic amines) is 1. The highest BCUT2D eigenvalue weighted by molar-refractivity contribution is 5.95. The minimum Gasteiger partial charge on any atom is -0.452 e. The van der Waals surface area contributed by atoms with E-state index in [-0.39, 0.29) is 11.4 Å². The maximum absolute atomic E-state index is 12.4. The van der Waals surface area contributed by atoms with Crippen LogP contribution in [0.3, 0.4) is 0 Å². The normalized spacial score (nSPS) is 15.8. The van der Waals surface area contributed by atoms with Crippen molar-refractivity contribution in [3.8, 4) is 0 Å². The van der Waals surface area contributed by atoms with Crippen molar-refractivity contribution in [1.29, 1.82) is 0 Å². The van der Waals surface area contributed by atoms with Crippen LogP contribution in [0.4, 0.5) is 16.2 Å². The third kappa shape index (κ3) is 6.71. The van der Waals surface area contributed by atoms with Gasteiger partial charge in [0, 0.05) is 30.9 Å². The molecule has 0 spiro atoms. The topological polar surface area (TPSA) is 128 Å². The molecule has 0 aromatic heterocycles. The number of esters is 1. The number of non-ortho nitro benzene ring substituents is 1. The monoisotopic (exact) mass is 421 g/mol. The number of nitro benzene ring substituents is 1. The van der Waals surface area contributed by atoms with Crippen LogP contribution >= 0.6 is 0 Å². The lowest BCUT2D eigenvalue weighted by Gasteiger charge is -2.32. The van der Waals surface area contributed by atoms with Gasteiger partial charge in [-0.25, -0.2) is 4.79 Å². The van der Waals surface area contributed by atoms with Gasteiger partial charge >= 0.3 is 12.1 Å². The van der Waals surface area contributed by atoms with Crippen molar-refractivity contribution in [3.63, 3.8) is 0 Å². The van der Waals surface area contributed by atoms with Crippen LogP contribution in [-0.2, 0) is 19.1 Å². The molecule has 1 unspecified atom stereocenters. The lowest BCUT2D eigenvalue weighted by molar-refractivity contribution is -0.384. The molecule has 2 amide bonds. The lowest BCUT2D eigenvalue weighted by Crippen LogP contribution is -2.43. The molecule has 164 valence electrons. The molecule has 1 aromatic rings. The first-order valence-electron chi connectivity index (χ1n) is 9.70. The molecule has 1 atom stereocenters. The van der Waals surface area contributed by atoms with Crippen molar-refractivity contribution in [2.24, 2.45) is 5.92 Å². The average Bonchev–Trinajstić information content (AvgIpc) is 2.66. The number of nitrogens with zero attached hydrogens (tertiary/aromatic N) is 2. The lowest BCUT2D eigenvalue weighted by atomic mass is 9.97. The molecule has 30 heavy (non-hydrogen) atoms. The second kappa shape index (κ2) is 9.55. The molecule has 1 saturated heterocycles. The van der Waals surface area contributed by atoms with E-state index < -0.39 is 40.5 Å². The Bertz CT molecular complexity index is 811. The summed E-state index contributed by atoms with van der Waals surface area (Å²) in [5.41, 5.74) is -0.508. The van der Waals surface area contributed by atoms with Crippen LogP contribution in [0.15, 0.2) is 24.3 Å². The largest absolute Gasteiger partial charge is 0.452 e. The molecule has 1 N–H and O–H groups in total. The van der Waals surface area contributed by atoms with Crippen molar-refractivity contribution in [2.75, 3.05) is 18.4 Å². The van der Waals surface area contributed by atoms with E-state index in [1.807, 2.05) is 0 Å². The molecule has 10 nitrogen and oxygen atoms in total. The van der Waals surface area contributed by atoms with E-state index in [9.17, 15) is 24.5 Å². The van der Waals surface area contributed by atoms with Gasteiger partial charge in [0.25, 0.3) is 11.6 Å². The molecule has 10 heteroatoms. The van der Waals surface area contributed by atoms with E-state index in [1.54, 1.807) is 25.7 Å². The molecule has 0 aliphatic carbocycles. The third-order valence-electron chi connectivity index (χ3n) is 4.47. The average molecular weight is 421 g/mol. The van der Waals surface area contributed by atoms with Gasteiger partial charge in [-0.15, -0.1) is 0 Å². The first-order chi connectivity index (χ1) is 14.0. The summed E-state index contributed by atoms with van der Waals surface area (Å²) < 4.78 is 10.6. The number of benzene rings is 1. The quantitative estimate of drug-likeness (QED) is 0.439. The van der Waals surface area contributed by atoms with Gasteiger partial charge in [0.2, 0.25) is 0 Å². The van der Waals surface area contributed by atoms with Crippen molar-refractivity contribution < 1.29 is 28.8 Å². The molecular weight excluding hydrogens is 394 g/mol. The Morgan fingerprint density at radius 1 is 1.23 bits per heavy atom. The molecule has 1 aromatic carbocycles. The number of hydrogen-bond acceptors (Lipinski definition) is 7. The fourth-order valence-electron chi connectivity index (χ4n) is 2.89. The Hall–Kier alpha value is -3.17. The second-order valence-corrected chi connectivity index (χ2v) is 8.12. The van der Waals surface area contributed by atoms with Crippen molar-refractivity contribution >= 4 is 29.3 Å². The van der Waals surface area contributed by atoms with Gasteiger partial charge < -0.3 is 19.7 Å². The summed E-state index contributed by atoms with van der Waals surface area (Å²) in [5, 5.41) is 13.3. The molecule has 0 saturated carbocycles. The predicted octanol–water partition coefficient (Wildman–Crippen LogP) is 3.11. The summed E-state index contributed by atoms with van der Waals surface area (Å²) in [5.74, 6) is -1.52. The van der Waals surface area contributed by atoms with E-state index in [0.717, 1.165) is 0 Å². The van der Waals surface area contributed by atoms with Gasteiger partial charge in [0.1, 0.15) is 5.60 Å². The van der Waals surface area contributed by atoms with E-state index in [2.05, 4.69) is 5.32 Å². The summed E-state index contributed by atoms with van der Waals surface area (Å²) in [6.07, 6.45) is -0.658. The standard InChI is InChI=1S/C20H27N3O7/c1-13(17(24)21-15-6-5-7-16(12-15)23(27)28)29-18(25)14-8-10-22(11-9-14)19(26)30-20(2,3)4/h5-7,12-14H,8-11H2,1-4H3,(H,21,24). The van der Waals surface area contributed by atoms with Crippen molar-refractivity contribution in [2.45, 2.75) is 52.2 Å². The second-order valence-electron chi connectivity index (χ2n) is 8.12. The van der Waals surface area contributed by atoms with Crippen molar-refractivity contribution in [3.05, 3.63) is 34.4 Å². The highest BCUT2D eigenvalue weighted by Gasteiger charge is 2.32. The Kier molecular flexibility index (Phi) is 7.36. The summed E-state index contributed by atoms with van der Waals surface area (Å²) >= 11 is 0. The third-order valence-corrected chi connectivity index (χ3v) is 4.47. The van der Waals surface area contributed by atoms with E-state index in [0.29, 0.717) is 25.9 Å². The molecule has 0 radical (unpaired) electrons. The molecule has 1 fully saturated rings. The maximum atomic E-state index is 12.4. The number of piperidine rings is 1. The SMILES string of the molecule is CC(OC(=O)C1CCN(C(=O)OC(C)(C)C)CC1)C(=O)Nc1cccc([N+](=O)[O-])c1. The number of rotatable bonds is 5. The first kappa shape index (κ1) is 23.1. The Morgan fingerprint density at radius 3 is 2.43 bits per heavy atom. The fourth-order valence-corrected chi connectivity index (χ4v) is 2.89. The number of nitro groups is 1. The Balaban J connectivity index is 1.83. The summed E-state index contributed by atoms with van der Waals surface area (Å²) in [6.45, 7) is 7.52. The van der Waals surface area contributed by atoms with Gasteiger partial charge in [-0.1, -0.05) is 6.07 Å². The number of nitrogens with one attached hydrogen (secondary N) is 1. The number of carbonyl (C=O) groups excluding carboxylic acids is 3. The van der Waals surface area contributed by atoms with E-state index >= 15 is 0 Å². The van der Waals surface area contributed by atoms with Crippen LogP contribution in [0, 0.1) is 16.0 Å². The van der Waals surface area contributed by atoms with Gasteiger partial charge in [0.05, 0.1) is 10.8 Å². The smallest absolute Gasteiger partial charge is 0.410 e. The van der Waals surface area contributed by atoms with E-state index in [1.165, 1.54) is 31.2 Å². The zero-order chi connectivity index (χ0) is 22.5. The van der Waals surface area contributed by atoms with Gasteiger partial charge in [-0.3, -0.25) is 19.7 Å². The molecule has 1 aliphatic heterocycles. The first-order valence-corrected chi connectivity index (χ1v) is 9.70. The maximum Gasteiger partial charge on any atom is 0.410 e. The Labute approximate surface area is 174 Å². The number of amides is 2. The van der Waals surface area contributed by atoms with Crippen molar-refractivity contribution in [1.82, 2.24) is 4.90 Å². The van der Waals surface area contributed by atoms with Crippen LogP contribution in [0.2, 0.25) is 0 Å². The highest BCUT2D eigenvalue weighted by atomic mass is 16.6. The minimum atomic E-state index is -1.07. The molecular formula is C20H27N3O7. The zero-order valence-electron chi connectivity index (χ0n) is 17.5. The van der Waals surface area contributed by atoms with Crippen LogP contribution in [-0.4, -0.2) is 52.6 Å². The fraction of sp³-hybridized carbons (Fsp3) is 0.550. The molecule has 2 rings (SSSR count). The molecule has 1 aliphatic rings. The summed E-state index contributed by atoms with van der Waals surface area (Å²) in [6, 6.07) is 5.48. The minimum absolute atomic E-state index is 0.158. The van der Waals surface area contributed by atoms with Gasteiger partial charge in [-0.2, -0.15) is 0 Å². The predicted molar refractivity (Wildman–Crippen MR) is 108 cm³/mol. The zero-order valence-corrected chi connectivity index (χ0v) is 17.5. The van der Waals surface area contributed by atoms with Crippen LogP contribution in [0.5, 0.6) is 0 Å². The van der Waals surface area contributed by atoms with Crippen LogP contribution in [0.25, 0.3) is 0 Å². The molecule has 0 bridgehead atoms. The summed E-state index contributed by atoms with van der Waals surface area (Å²) in [7, 11) is 0. The van der Waals surface area contributed by atoms with E-state index in [4.69, 9.17) is 9.47 Å². The number of carbonyl (C=O) groups is 3. The summed E-state index contributed by atoms with van der Waals surface area (Å²) in [4.78, 5) is 48.5. The molecule has 1 heterocycles. The Morgan fingerprint density at radius 2 is 1.87 bits per heavy atom. The van der Waals surface area contributed by atoms with Crippen LogP contribution in [0.1, 0.15) is 40.5 Å². The number of anilines is 1.